The van der Waals surface area contributed by atoms with E-state index >= 15 is 0 Å². The molecule has 0 heterocycles. The average Bonchev–Trinajstić information content (AvgIpc) is 2.80. The van der Waals surface area contributed by atoms with Crippen LogP contribution in [0.3, 0.4) is 0 Å². The SMILES string of the molecule is COc1ccc([C@H](C(=O)NC2CCCCC2)N(Cc2ccccc2)C(=O)CCl)cc1. The summed E-state index contributed by atoms with van der Waals surface area (Å²) in [4.78, 5) is 27.9. The fourth-order valence-electron chi connectivity index (χ4n) is 3.97. The van der Waals surface area contributed by atoms with Crippen LogP contribution in [0.1, 0.15) is 49.3 Å². The van der Waals surface area contributed by atoms with Crippen molar-refractivity contribution in [3.05, 3.63) is 65.7 Å². The molecular weight excluding hydrogens is 400 g/mol. The van der Waals surface area contributed by atoms with Gasteiger partial charge in [0.25, 0.3) is 0 Å². The molecular formula is C24H29ClN2O3. The zero-order valence-corrected chi connectivity index (χ0v) is 18.1. The normalized spacial score (nSPS) is 15.3. The third kappa shape index (κ3) is 5.76. The number of hydrogen-bond acceptors (Lipinski definition) is 3. The standard InChI is InChI=1S/C24H29ClN2O3/c1-30-21-14-12-19(13-15-21)23(24(29)26-20-10-6-3-7-11-20)27(22(28)16-25)17-18-8-4-2-5-9-18/h2,4-5,8-9,12-15,20,23H,3,6-7,10-11,16-17H2,1H3,(H,26,29)/t23-/m1/s1. The highest BCUT2D eigenvalue weighted by molar-refractivity contribution is 6.27. The second-order valence-electron chi connectivity index (χ2n) is 7.66. The van der Waals surface area contributed by atoms with Gasteiger partial charge >= 0.3 is 0 Å². The predicted octanol–water partition coefficient (Wildman–Crippen LogP) is 4.45. The predicted molar refractivity (Wildman–Crippen MR) is 118 cm³/mol. The smallest absolute Gasteiger partial charge is 0.247 e. The summed E-state index contributed by atoms with van der Waals surface area (Å²) < 4.78 is 5.25. The minimum atomic E-state index is -0.760. The van der Waals surface area contributed by atoms with Crippen molar-refractivity contribution >= 4 is 23.4 Å². The van der Waals surface area contributed by atoms with Gasteiger partial charge in [0.1, 0.15) is 17.7 Å². The van der Waals surface area contributed by atoms with Gasteiger partial charge in [-0.25, -0.2) is 0 Å². The molecule has 1 aliphatic carbocycles. The number of carbonyl (C=O) groups is 2. The Morgan fingerprint density at radius 2 is 1.73 bits per heavy atom. The van der Waals surface area contributed by atoms with E-state index in [9.17, 15) is 9.59 Å². The number of nitrogens with one attached hydrogen (secondary N) is 1. The molecule has 5 nitrogen and oxygen atoms in total. The number of carbonyl (C=O) groups excluding carboxylic acids is 2. The highest BCUT2D eigenvalue weighted by Crippen LogP contribution is 2.27. The Morgan fingerprint density at radius 3 is 2.33 bits per heavy atom. The topological polar surface area (TPSA) is 58.6 Å². The molecule has 0 aromatic heterocycles. The van der Waals surface area contributed by atoms with Gasteiger partial charge < -0.3 is 15.0 Å². The maximum absolute atomic E-state index is 13.4. The van der Waals surface area contributed by atoms with Crippen molar-refractivity contribution in [1.29, 1.82) is 0 Å². The van der Waals surface area contributed by atoms with Gasteiger partial charge in [0.2, 0.25) is 11.8 Å². The second kappa shape index (κ2) is 11.0. The summed E-state index contributed by atoms with van der Waals surface area (Å²) in [5, 5.41) is 3.18. The molecule has 160 valence electrons. The first-order valence-electron chi connectivity index (χ1n) is 10.5. The van der Waals surface area contributed by atoms with Crippen molar-refractivity contribution in [2.24, 2.45) is 0 Å². The van der Waals surface area contributed by atoms with Gasteiger partial charge in [0, 0.05) is 12.6 Å². The number of rotatable bonds is 8. The van der Waals surface area contributed by atoms with E-state index in [4.69, 9.17) is 16.3 Å². The van der Waals surface area contributed by atoms with Crippen LogP contribution in [0.25, 0.3) is 0 Å². The highest BCUT2D eigenvalue weighted by atomic mass is 35.5. The molecule has 0 spiro atoms. The molecule has 1 fully saturated rings. The molecule has 0 aliphatic heterocycles. The van der Waals surface area contributed by atoms with Crippen LogP contribution in [0.15, 0.2) is 54.6 Å². The third-order valence-corrected chi connectivity index (χ3v) is 5.80. The van der Waals surface area contributed by atoms with E-state index in [0.717, 1.165) is 36.8 Å². The van der Waals surface area contributed by atoms with Gasteiger partial charge in [-0.3, -0.25) is 9.59 Å². The largest absolute Gasteiger partial charge is 0.497 e. The molecule has 1 aliphatic rings. The van der Waals surface area contributed by atoms with Crippen LogP contribution in [0, 0.1) is 0 Å². The van der Waals surface area contributed by atoms with Gasteiger partial charge in [-0.1, -0.05) is 61.7 Å². The van der Waals surface area contributed by atoms with E-state index in [1.165, 1.54) is 6.42 Å². The number of alkyl halides is 1. The van der Waals surface area contributed by atoms with Crippen LogP contribution in [-0.4, -0.2) is 35.7 Å². The third-order valence-electron chi connectivity index (χ3n) is 5.57. The van der Waals surface area contributed by atoms with Gasteiger partial charge in [0.15, 0.2) is 0 Å². The maximum Gasteiger partial charge on any atom is 0.247 e. The first-order chi connectivity index (χ1) is 14.6. The van der Waals surface area contributed by atoms with Crippen molar-refractivity contribution in [3.63, 3.8) is 0 Å². The van der Waals surface area contributed by atoms with Crippen molar-refractivity contribution in [2.75, 3.05) is 13.0 Å². The minimum Gasteiger partial charge on any atom is -0.497 e. The fraction of sp³-hybridized carbons (Fsp3) is 0.417. The Bertz CT molecular complexity index is 820. The quantitative estimate of drug-likeness (QED) is 0.632. The van der Waals surface area contributed by atoms with E-state index < -0.39 is 6.04 Å². The Balaban J connectivity index is 1.92. The van der Waals surface area contributed by atoms with E-state index in [0.29, 0.717) is 12.3 Å². The molecule has 1 saturated carbocycles. The van der Waals surface area contributed by atoms with Gasteiger partial charge in [-0.15, -0.1) is 11.6 Å². The van der Waals surface area contributed by atoms with Gasteiger partial charge in [-0.05, 0) is 36.1 Å². The molecule has 6 heteroatoms. The molecule has 2 aromatic rings. The lowest BCUT2D eigenvalue weighted by Gasteiger charge is -2.33. The van der Waals surface area contributed by atoms with E-state index in [2.05, 4.69) is 5.32 Å². The first-order valence-corrected chi connectivity index (χ1v) is 11.0. The molecule has 2 amide bonds. The Kier molecular flexibility index (Phi) is 8.14. The minimum absolute atomic E-state index is 0.150. The summed E-state index contributed by atoms with van der Waals surface area (Å²) >= 11 is 5.95. The van der Waals surface area contributed by atoms with Crippen molar-refractivity contribution in [3.8, 4) is 5.75 Å². The fourth-order valence-corrected chi connectivity index (χ4v) is 4.12. The van der Waals surface area contributed by atoms with E-state index in [-0.39, 0.29) is 23.7 Å². The number of hydrogen-bond donors (Lipinski definition) is 1. The zero-order valence-electron chi connectivity index (χ0n) is 17.4. The van der Waals surface area contributed by atoms with Crippen LogP contribution >= 0.6 is 11.6 Å². The lowest BCUT2D eigenvalue weighted by molar-refractivity contribution is -0.140. The van der Waals surface area contributed by atoms with Gasteiger partial charge in [-0.2, -0.15) is 0 Å². The van der Waals surface area contributed by atoms with Gasteiger partial charge in [0.05, 0.1) is 7.11 Å². The highest BCUT2D eigenvalue weighted by Gasteiger charge is 2.32. The van der Waals surface area contributed by atoms with Crippen molar-refractivity contribution < 1.29 is 14.3 Å². The van der Waals surface area contributed by atoms with Crippen molar-refractivity contribution in [1.82, 2.24) is 10.2 Å². The summed E-state index contributed by atoms with van der Waals surface area (Å²) in [5.41, 5.74) is 1.68. The number of methoxy groups -OCH3 is 1. The summed E-state index contributed by atoms with van der Waals surface area (Å²) in [6, 6.07) is 16.3. The molecule has 3 rings (SSSR count). The molecule has 0 bridgehead atoms. The summed E-state index contributed by atoms with van der Waals surface area (Å²) in [7, 11) is 1.60. The lowest BCUT2D eigenvalue weighted by atomic mass is 9.94. The van der Waals surface area contributed by atoms with Crippen LogP contribution in [0.2, 0.25) is 0 Å². The molecule has 30 heavy (non-hydrogen) atoms. The molecule has 1 N–H and O–H groups in total. The number of amides is 2. The number of ether oxygens (including phenoxy) is 1. The van der Waals surface area contributed by atoms with Crippen molar-refractivity contribution in [2.45, 2.75) is 50.7 Å². The number of halogens is 1. The van der Waals surface area contributed by atoms with Crippen LogP contribution in [-0.2, 0) is 16.1 Å². The zero-order chi connectivity index (χ0) is 21.3. The summed E-state index contributed by atoms with van der Waals surface area (Å²) in [5.74, 6) is 0.0704. The molecule has 1 atom stereocenters. The van der Waals surface area contributed by atoms with Crippen LogP contribution in [0.4, 0.5) is 0 Å². The molecule has 2 aromatic carbocycles. The summed E-state index contributed by atoms with van der Waals surface area (Å²) in [6.45, 7) is 0.307. The second-order valence-corrected chi connectivity index (χ2v) is 7.93. The summed E-state index contributed by atoms with van der Waals surface area (Å²) in [6.07, 6.45) is 5.39. The van der Waals surface area contributed by atoms with E-state index in [1.807, 2.05) is 54.6 Å². The molecule has 0 saturated heterocycles. The Morgan fingerprint density at radius 1 is 1.07 bits per heavy atom. The Labute approximate surface area is 183 Å². The van der Waals surface area contributed by atoms with E-state index in [1.54, 1.807) is 12.0 Å². The number of nitrogens with zero attached hydrogens (tertiary/aromatic N) is 1. The lowest BCUT2D eigenvalue weighted by Crippen LogP contribution is -2.47. The van der Waals surface area contributed by atoms with Crippen LogP contribution in [0.5, 0.6) is 5.75 Å². The first kappa shape index (κ1) is 22.2. The molecule has 0 radical (unpaired) electrons. The average molecular weight is 429 g/mol. The monoisotopic (exact) mass is 428 g/mol. The maximum atomic E-state index is 13.4. The van der Waals surface area contributed by atoms with Crippen LogP contribution < -0.4 is 10.1 Å². The number of benzene rings is 2. The Hall–Kier alpha value is -2.53. The molecule has 0 unspecified atom stereocenters.